The van der Waals surface area contributed by atoms with E-state index in [1.54, 1.807) is 4.90 Å². The van der Waals surface area contributed by atoms with E-state index in [1.807, 2.05) is 25.1 Å². The van der Waals surface area contributed by atoms with Crippen molar-refractivity contribution in [3.8, 4) is 0 Å². The van der Waals surface area contributed by atoms with Gasteiger partial charge in [0.1, 0.15) is 0 Å². The second kappa shape index (κ2) is 4.51. The molecule has 0 spiro atoms. The van der Waals surface area contributed by atoms with E-state index in [2.05, 4.69) is 5.32 Å². The predicted molar refractivity (Wildman–Crippen MR) is 76.5 cm³/mol. The lowest BCUT2D eigenvalue weighted by molar-refractivity contribution is -0.126. The summed E-state index contributed by atoms with van der Waals surface area (Å²) >= 11 is 0. The average Bonchev–Trinajstić information content (AvgIpc) is 3.04. The maximum atomic E-state index is 12.5. The van der Waals surface area contributed by atoms with Crippen LogP contribution in [-0.4, -0.2) is 36.3 Å². The summed E-state index contributed by atoms with van der Waals surface area (Å²) in [5.41, 5.74) is 7.80. The van der Waals surface area contributed by atoms with E-state index in [0.717, 1.165) is 18.7 Å². The number of hydrogen-bond donors (Lipinski definition) is 2. The number of amides is 2. The first-order valence-corrected chi connectivity index (χ1v) is 6.96. The lowest BCUT2D eigenvalue weighted by atomic mass is 9.89. The third kappa shape index (κ3) is 2.03. The largest absolute Gasteiger partial charge is 0.384 e. The van der Waals surface area contributed by atoms with E-state index in [4.69, 9.17) is 5.73 Å². The zero-order valence-electron chi connectivity index (χ0n) is 11.6. The molecule has 1 saturated heterocycles. The number of anilines is 1. The minimum absolute atomic E-state index is 0.0218. The average molecular weight is 273 g/mol. The van der Waals surface area contributed by atoms with E-state index in [0.29, 0.717) is 25.1 Å². The monoisotopic (exact) mass is 273 g/mol. The van der Waals surface area contributed by atoms with Crippen LogP contribution in [-0.2, 0) is 11.2 Å². The zero-order valence-corrected chi connectivity index (χ0v) is 11.6. The highest BCUT2D eigenvalue weighted by atomic mass is 16.2. The molecule has 106 valence electrons. The first-order valence-electron chi connectivity index (χ1n) is 6.96. The molecule has 0 aliphatic carbocycles. The second-order valence-electron chi connectivity index (χ2n) is 5.95. The summed E-state index contributed by atoms with van der Waals surface area (Å²) in [5, 5.41) is 3.28. The van der Waals surface area contributed by atoms with Crippen molar-refractivity contribution < 1.29 is 9.59 Å². The van der Waals surface area contributed by atoms with Gasteiger partial charge in [-0.1, -0.05) is 6.07 Å². The van der Waals surface area contributed by atoms with Crippen LogP contribution >= 0.6 is 0 Å². The molecule has 1 unspecified atom stereocenters. The highest BCUT2D eigenvalue weighted by Crippen LogP contribution is 2.31. The number of fused-ring (bicyclic) bond motifs is 1. The number of nitrogens with two attached hydrogens (primary N) is 1. The minimum Gasteiger partial charge on any atom is -0.384 e. The SMILES string of the molecule is CC1(C(N)=O)CCN(C(=O)c2ccc3c(c2)NCC3)C1. The topological polar surface area (TPSA) is 75.4 Å². The normalized spacial score (nSPS) is 24.4. The van der Waals surface area contributed by atoms with Crippen LogP contribution in [0.5, 0.6) is 0 Å². The lowest BCUT2D eigenvalue weighted by Crippen LogP contribution is -2.38. The Hall–Kier alpha value is -2.04. The quantitative estimate of drug-likeness (QED) is 0.844. The summed E-state index contributed by atoms with van der Waals surface area (Å²) in [4.78, 5) is 25.7. The van der Waals surface area contributed by atoms with E-state index >= 15 is 0 Å². The van der Waals surface area contributed by atoms with Crippen LogP contribution in [0.3, 0.4) is 0 Å². The molecule has 20 heavy (non-hydrogen) atoms. The van der Waals surface area contributed by atoms with Crippen molar-refractivity contribution in [3.05, 3.63) is 29.3 Å². The number of primary amides is 1. The number of hydrogen-bond acceptors (Lipinski definition) is 3. The Morgan fingerprint density at radius 1 is 1.40 bits per heavy atom. The van der Waals surface area contributed by atoms with Crippen LogP contribution in [0.2, 0.25) is 0 Å². The summed E-state index contributed by atoms with van der Waals surface area (Å²) in [7, 11) is 0. The number of benzene rings is 1. The van der Waals surface area contributed by atoms with Gasteiger partial charge in [-0.3, -0.25) is 9.59 Å². The Labute approximate surface area is 118 Å². The van der Waals surface area contributed by atoms with E-state index < -0.39 is 5.41 Å². The summed E-state index contributed by atoms with van der Waals surface area (Å²) < 4.78 is 0. The molecule has 3 rings (SSSR count). The van der Waals surface area contributed by atoms with Crippen molar-refractivity contribution >= 4 is 17.5 Å². The molecule has 5 heteroatoms. The second-order valence-corrected chi connectivity index (χ2v) is 5.95. The molecular weight excluding hydrogens is 254 g/mol. The number of nitrogens with one attached hydrogen (secondary N) is 1. The molecule has 2 aliphatic rings. The first kappa shape index (κ1) is 13.0. The van der Waals surface area contributed by atoms with Gasteiger partial charge in [0.15, 0.2) is 0 Å². The van der Waals surface area contributed by atoms with Crippen molar-refractivity contribution in [1.29, 1.82) is 0 Å². The number of rotatable bonds is 2. The van der Waals surface area contributed by atoms with Crippen molar-refractivity contribution in [2.45, 2.75) is 19.8 Å². The molecular formula is C15H19N3O2. The van der Waals surface area contributed by atoms with Crippen molar-refractivity contribution in [2.75, 3.05) is 25.0 Å². The molecule has 0 saturated carbocycles. The van der Waals surface area contributed by atoms with Gasteiger partial charge in [-0.05, 0) is 37.5 Å². The van der Waals surface area contributed by atoms with Crippen molar-refractivity contribution in [1.82, 2.24) is 4.90 Å². The Morgan fingerprint density at radius 2 is 2.20 bits per heavy atom. The van der Waals surface area contributed by atoms with E-state index in [1.165, 1.54) is 5.56 Å². The zero-order chi connectivity index (χ0) is 14.3. The van der Waals surface area contributed by atoms with E-state index in [9.17, 15) is 9.59 Å². The maximum Gasteiger partial charge on any atom is 0.253 e. The summed E-state index contributed by atoms with van der Waals surface area (Å²) in [5.74, 6) is -0.352. The van der Waals surface area contributed by atoms with Gasteiger partial charge in [0.25, 0.3) is 5.91 Å². The molecule has 3 N–H and O–H groups in total. The van der Waals surface area contributed by atoms with Crippen LogP contribution in [0.1, 0.15) is 29.3 Å². The molecule has 2 amide bonds. The van der Waals surface area contributed by atoms with Gasteiger partial charge in [0, 0.05) is 30.9 Å². The number of nitrogens with zero attached hydrogens (tertiary/aromatic N) is 1. The van der Waals surface area contributed by atoms with Gasteiger partial charge in [0.2, 0.25) is 5.91 Å². The Morgan fingerprint density at radius 3 is 2.90 bits per heavy atom. The first-order chi connectivity index (χ1) is 9.49. The van der Waals surface area contributed by atoms with Crippen LogP contribution in [0.4, 0.5) is 5.69 Å². The fourth-order valence-corrected chi connectivity index (χ4v) is 2.94. The highest BCUT2D eigenvalue weighted by molar-refractivity contribution is 5.96. The lowest BCUT2D eigenvalue weighted by Gasteiger charge is -2.21. The predicted octanol–water partition coefficient (Wildman–Crippen LogP) is 0.992. The Balaban J connectivity index is 1.79. The van der Waals surface area contributed by atoms with Gasteiger partial charge in [-0.25, -0.2) is 0 Å². The van der Waals surface area contributed by atoms with Gasteiger partial charge >= 0.3 is 0 Å². The van der Waals surface area contributed by atoms with Crippen LogP contribution in [0.15, 0.2) is 18.2 Å². The minimum atomic E-state index is -0.593. The van der Waals surface area contributed by atoms with Crippen LogP contribution < -0.4 is 11.1 Å². The van der Waals surface area contributed by atoms with Crippen LogP contribution in [0, 0.1) is 5.41 Å². The molecule has 0 aromatic heterocycles. The molecule has 2 heterocycles. The molecule has 2 aliphatic heterocycles. The molecule has 5 nitrogen and oxygen atoms in total. The van der Waals surface area contributed by atoms with Gasteiger partial charge in [0.05, 0.1) is 5.41 Å². The van der Waals surface area contributed by atoms with Crippen LogP contribution in [0.25, 0.3) is 0 Å². The van der Waals surface area contributed by atoms with Gasteiger partial charge in [-0.15, -0.1) is 0 Å². The van der Waals surface area contributed by atoms with Gasteiger partial charge in [-0.2, -0.15) is 0 Å². The summed E-state index contributed by atoms with van der Waals surface area (Å²) in [6.45, 7) is 3.75. The maximum absolute atomic E-state index is 12.5. The van der Waals surface area contributed by atoms with Crippen molar-refractivity contribution in [2.24, 2.45) is 11.1 Å². The smallest absolute Gasteiger partial charge is 0.253 e. The number of carbonyl (C=O) groups excluding carboxylic acids is 2. The van der Waals surface area contributed by atoms with E-state index in [-0.39, 0.29) is 11.8 Å². The fraction of sp³-hybridized carbons (Fsp3) is 0.467. The third-order valence-corrected chi connectivity index (χ3v) is 4.42. The fourth-order valence-electron chi connectivity index (χ4n) is 2.94. The summed E-state index contributed by atoms with van der Waals surface area (Å²) in [6.07, 6.45) is 1.64. The molecule has 1 aromatic carbocycles. The molecule has 1 aromatic rings. The standard InChI is InChI=1S/C15H19N3O2/c1-15(14(16)20)5-7-18(9-15)13(19)11-3-2-10-4-6-17-12(10)8-11/h2-3,8,17H,4-7,9H2,1H3,(H2,16,20). The number of likely N-dealkylation sites (tertiary alicyclic amines) is 1. The molecule has 0 radical (unpaired) electrons. The Bertz CT molecular complexity index is 584. The molecule has 1 fully saturated rings. The third-order valence-electron chi connectivity index (χ3n) is 4.42. The molecule has 0 bridgehead atoms. The highest BCUT2D eigenvalue weighted by Gasteiger charge is 2.40. The Kier molecular flexibility index (Phi) is 2.92. The number of carbonyl (C=O) groups is 2. The van der Waals surface area contributed by atoms with Crippen molar-refractivity contribution in [3.63, 3.8) is 0 Å². The van der Waals surface area contributed by atoms with Gasteiger partial charge < -0.3 is 16.0 Å². The summed E-state index contributed by atoms with van der Waals surface area (Å²) in [6, 6.07) is 5.78. The molecule has 1 atom stereocenters.